The summed E-state index contributed by atoms with van der Waals surface area (Å²) < 4.78 is 10.5. The van der Waals surface area contributed by atoms with Gasteiger partial charge in [-0.15, -0.1) is 0 Å². The Kier molecular flexibility index (Phi) is 8.77. The highest BCUT2D eigenvalue weighted by Gasteiger charge is 2.10. The third-order valence-electron chi connectivity index (χ3n) is 3.79. The van der Waals surface area contributed by atoms with Crippen LogP contribution in [0.2, 0.25) is 0 Å². The van der Waals surface area contributed by atoms with Crippen molar-refractivity contribution in [3.8, 4) is 11.5 Å². The molecule has 0 unspecified atom stereocenters. The Balaban J connectivity index is 1.63. The molecule has 0 atom stereocenters. The third kappa shape index (κ3) is 8.40. The Morgan fingerprint density at radius 2 is 1.39 bits per heavy atom. The maximum atomic E-state index is 11.9. The summed E-state index contributed by atoms with van der Waals surface area (Å²) in [5.41, 5.74) is 4.81. The average Bonchev–Trinajstić information content (AvgIpc) is 2.76. The Hall–Kier alpha value is -4.15. The lowest BCUT2D eigenvalue weighted by molar-refractivity contribution is -0.384. The molecule has 0 spiro atoms. The smallest absolute Gasteiger partial charge is 0.276 e. The van der Waals surface area contributed by atoms with Crippen LogP contribution < -0.4 is 25.6 Å². The van der Waals surface area contributed by atoms with Crippen molar-refractivity contribution in [2.24, 2.45) is 0 Å². The van der Waals surface area contributed by atoms with Crippen LogP contribution in [0.3, 0.4) is 0 Å². The van der Waals surface area contributed by atoms with Crippen LogP contribution in [0.1, 0.15) is 19.8 Å². The Labute approximate surface area is 177 Å². The van der Waals surface area contributed by atoms with E-state index in [2.05, 4.69) is 16.2 Å². The molecule has 31 heavy (non-hydrogen) atoms. The van der Waals surface area contributed by atoms with Gasteiger partial charge in [0.1, 0.15) is 11.5 Å². The topological polar surface area (TPSA) is 149 Å². The van der Waals surface area contributed by atoms with Gasteiger partial charge < -0.3 is 14.8 Å². The van der Waals surface area contributed by atoms with Gasteiger partial charge in [-0.25, -0.2) is 0 Å². The van der Waals surface area contributed by atoms with Crippen molar-refractivity contribution in [1.29, 1.82) is 0 Å². The molecule has 3 amide bonds. The Bertz CT molecular complexity index is 914. The molecule has 0 aromatic heterocycles. The first-order valence-electron chi connectivity index (χ1n) is 9.35. The molecule has 0 aliphatic carbocycles. The van der Waals surface area contributed by atoms with E-state index in [-0.39, 0.29) is 30.2 Å². The summed E-state index contributed by atoms with van der Waals surface area (Å²) in [6.07, 6.45) is -0.208. The maximum Gasteiger partial charge on any atom is 0.276 e. The van der Waals surface area contributed by atoms with Crippen LogP contribution >= 0.6 is 0 Å². The first-order chi connectivity index (χ1) is 14.9. The molecular weight excluding hydrogens is 408 g/mol. The number of non-ortho nitro benzene ring substituents is 1. The molecule has 2 rings (SSSR count). The standard InChI is InChI=1S/C20H22N4O7/c1-2-30-16-7-3-14(4-8-16)21-18(25)11-12-19(26)22-23-20(27)13-31-17-9-5-15(6-10-17)24(28)29/h3-10H,2,11-13H2,1H3,(H,21,25)(H,22,26)(H,23,27). The van der Waals surface area contributed by atoms with Crippen molar-refractivity contribution in [3.63, 3.8) is 0 Å². The highest BCUT2D eigenvalue weighted by Crippen LogP contribution is 2.17. The summed E-state index contributed by atoms with van der Waals surface area (Å²) in [6, 6.07) is 12.0. The predicted octanol–water partition coefficient (Wildman–Crippen LogP) is 1.94. The van der Waals surface area contributed by atoms with Crippen LogP contribution in [-0.2, 0) is 14.4 Å². The lowest BCUT2D eigenvalue weighted by Gasteiger charge is -2.09. The predicted molar refractivity (Wildman–Crippen MR) is 110 cm³/mol. The molecule has 2 aromatic carbocycles. The monoisotopic (exact) mass is 430 g/mol. The zero-order valence-corrected chi connectivity index (χ0v) is 16.8. The van der Waals surface area contributed by atoms with Gasteiger partial charge in [-0.3, -0.25) is 35.3 Å². The van der Waals surface area contributed by atoms with Crippen molar-refractivity contribution in [2.75, 3.05) is 18.5 Å². The van der Waals surface area contributed by atoms with E-state index in [0.29, 0.717) is 18.0 Å². The molecule has 0 aliphatic rings. The summed E-state index contributed by atoms with van der Waals surface area (Å²) in [7, 11) is 0. The molecule has 164 valence electrons. The van der Waals surface area contributed by atoms with E-state index in [0.717, 1.165) is 0 Å². The van der Waals surface area contributed by atoms with E-state index in [9.17, 15) is 24.5 Å². The fourth-order valence-electron chi connectivity index (χ4n) is 2.30. The number of benzene rings is 2. The number of nitrogens with zero attached hydrogens (tertiary/aromatic N) is 1. The molecule has 2 aromatic rings. The van der Waals surface area contributed by atoms with Gasteiger partial charge in [0, 0.05) is 30.7 Å². The van der Waals surface area contributed by atoms with Gasteiger partial charge in [-0.2, -0.15) is 0 Å². The van der Waals surface area contributed by atoms with Crippen LogP contribution in [0.25, 0.3) is 0 Å². The molecule has 3 N–H and O–H groups in total. The van der Waals surface area contributed by atoms with Gasteiger partial charge in [-0.1, -0.05) is 0 Å². The van der Waals surface area contributed by atoms with Crippen LogP contribution in [0.15, 0.2) is 48.5 Å². The highest BCUT2D eigenvalue weighted by atomic mass is 16.6. The van der Waals surface area contributed by atoms with Gasteiger partial charge >= 0.3 is 0 Å². The van der Waals surface area contributed by atoms with Crippen molar-refractivity contribution < 1.29 is 28.8 Å². The number of hydrazine groups is 1. The molecule has 0 fully saturated rings. The molecule has 0 radical (unpaired) electrons. The number of ether oxygens (including phenoxy) is 2. The number of hydrogen-bond donors (Lipinski definition) is 3. The Morgan fingerprint density at radius 1 is 0.839 bits per heavy atom. The number of nitrogens with one attached hydrogen (secondary N) is 3. The van der Waals surface area contributed by atoms with E-state index in [1.807, 2.05) is 6.92 Å². The summed E-state index contributed by atoms with van der Waals surface area (Å²) in [6.45, 7) is 2.01. The number of nitro groups is 1. The van der Waals surface area contributed by atoms with Crippen LogP contribution in [0, 0.1) is 10.1 Å². The zero-order chi connectivity index (χ0) is 22.6. The van der Waals surface area contributed by atoms with Gasteiger partial charge in [-0.05, 0) is 43.3 Å². The minimum atomic E-state index is -0.634. The quantitative estimate of drug-likeness (QED) is 0.385. The first kappa shape index (κ1) is 23.1. The van der Waals surface area contributed by atoms with E-state index in [1.54, 1.807) is 24.3 Å². The van der Waals surface area contributed by atoms with Crippen LogP contribution in [0.4, 0.5) is 11.4 Å². The normalized spacial score (nSPS) is 9.97. The van der Waals surface area contributed by atoms with E-state index in [4.69, 9.17) is 9.47 Å². The number of carbonyl (C=O) groups is 3. The van der Waals surface area contributed by atoms with Crippen molar-refractivity contribution in [2.45, 2.75) is 19.8 Å². The molecule has 0 heterocycles. The number of nitro benzene ring substituents is 1. The van der Waals surface area contributed by atoms with Crippen LogP contribution in [-0.4, -0.2) is 35.9 Å². The summed E-state index contributed by atoms with van der Waals surface area (Å²) in [5, 5.41) is 13.2. The zero-order valence-electron chi connectivity index (χ0n) is 16.8. The minimum Gasteiger partial charge on any atom is -0.494 e. The first-order valence-corrected chi connectivity index (χ1v) is 9.35. The van der Waals surface area contributed by atoms with E-state index < -0.39 is 23.3 Å². The second-order valence-electron chi connectivity index (χ2n) is 6.14. The summed E-state index contributed by atoms with van der Waals surface area (Å²) >= 11 is 0. The molecule has 0 aliphatic heterocycles. The number of hydrogen-bond acceptors (Lipinski definition) is 7. The number of amides is 3. The fraction of sp³-hybridized carbons (Fsp3) is 0.250. The van der Waals surface area contributed by atoms with Crippen LogP contribution in [0.5, 0.6) is 11.5 Å². The highest BCUT2D eigenvalue weighted by molar-refractivity contribution is 5.93. The lowest BCUT2D eigenvalue weighted by atomic mass is 10.2. The molecular formula is C20H22N4O7. The second-order valence-corrected chi connectivity index (χ2v) is 6.14. The molecule has 11 heteroatoms. The molecule has 0 saturated heterocycles. The van der Waals surface area contributed by atoms with Gasteiger partial charge in [0.15, 0.2) is 6.61 Å². The summed E-state index contributed by atoms with van der Waals surface area (Å²) in [5.74, 6) is -0.588. The van der Waals surface area contributed by atoms with Gasteiger partial charge in [0.2, 0.25) is 11.8 Å². The van der Waals surface area contributed by atoms with Crippen molar-refractivity contribution >= 4 is 29.1 Å². The fourth-order valence-corrected chi connectivity index (χ4v) is 2.30. The van der Waals surface area contributed by atoms with Crippen molar-refractivity contribution in [3.05, 3.63) is 58.6 Å². The van der Waals surface area contributed by atoms with Gasteiger partial charge in [0.25, 0.3) is 11.6 Å². The number of rotatable bonds is 10. The largest absolute Gasteiger partial charge is 0.494 e. The lowest BCUT2D eigenvalue weighted by Crippen LogP contribution is -2.44. The minimum absolute atomic E-state index is 0.0752. The third-order valence-corrected chi connectivity index (χ3v) is 3.79. The molecule has 0 saturated carbocycles. The second kappa shape index (κ2) is 11.8. The molecule has 11 nitrogen and oxygen atoms in total. The summed E-state index contributed by atoms with van der Waals surface area (Å²) in [4.78, 5) is 45.4. The molecule has 0 bridgehead atoms. The van der Waals surface area contributed by atoms with E-state index >= 15 is 0 Å². The Morgan fingerprint density at radius 3 is 2.00 bits per heavy atom. The number of anilines is 1. The SMILES string of the molecule is CCOc1ccc(NC(=O)CCC(=O)NNC(=O)COc2ccc([N+](=O)[O-])cc2)cc1. The van der Waals surface area contributed by atoms with E-state index in [1.165, 1.54) is 24.3 Å². The maximum absolute atomic E-state index is 11.9. The van der Waals surface area contributed by atoms with Crippen molar-refractivity contribution in [1.82, 2.24) is 10.9 Å². The average molecular weight is 430 g/mol. The number of carbonyl (C=O) groups excluding carboxylic acids is 3. The van der Waals surface area contributed by atoms with Gasteiger partial charge in [0.05, 0.1) is 11.5 Å².